The summed E-state index contributed by atoms with van der Waals surface area (Å²) in [5, 5.41) is 12.4. The van der Waals surface area contributed by atoms with Gasteiger partial charge in [-0.15, -0.1) is 0 Å². The van der Waals surface area contributed by atoms with Crippen molar-refractivity contribution >= 4 is 45.2 Å². The van der Waals surface area contributed by atoms with Crippen LogP contribution in [0.3, 0.4) is 0 Å². The van der Waals surface area contributed by atoms with Crippen LogP contribution >= 0.6 is 27.5 Å². The molecule has 0 bridgehead atoms. The van der Waals surface area contributed by atoms with Crippen LogP contribution in [0.4, 0.5) is 10.5 Å². The summed E-state index contributed by atoms with van der Waals surface area (Å²) in [6, 6.07) is 3.20. The predicted octanol–water partition coefficient (Wildman–Crippen LogP) is 3.74. The molecule has 1 aromatic carbocycles. The maximum atomic E-state index is 12.2. The Morgan fingerprint density at radius 1 is 1.48 bits per heavy atom. The number of hydrogen-bond acceptors (Lipinski definition) is 2. The lowest BCUT2D eigenvalue weighted by molar-refractivity contribution is -0.143. The summed E-state index contributed by atoms with van der Waals surface area (Å²) in [7, 11) is 0. The van der Waals surface area contributed by atoms with Crippen molar-refractivity contribution in [2.24, 2.45) is 5.92 Å². The van der Waals surface area contributed by atoms with Gasteiger partial charge in [-0.1, -0.05) is 11.6 Å². The van der Waals surface area contributed by atoms with Gasteiger partial charge in [-0.25, -0.2) is 4.79 Å². The molecule has 1 atom stereocenters. The fraction of sp³-hybridized carbons (Fsp3) is 0.429. The van der Waals surface area contributed by atoms with Gasteiger partial charge < -0.3 is 15.3 Å². The number of hydrogen-bond donors (Lipinski definition) is 2. The number of carbonyl (C=O) groups is 2. The molecule has 1 unspecified atom stereocenters. The Morgan fingerprint density at radius 3 is 2.86 bits per heavy atom. The van der Waals surface area contributed by atoms with E-state index in [2.05, 4.69) is 21.2 Å². The van der Waals surface area contributed by atoms with Crippen molar-refractivity contribution in [3.8, 4) is 0 Å². The molecule has 1 heterocycles. The molecule has 21 heavy (non-hydrogen) atoms. The highest BCUT2D eigenvalue weighted by molar-refractivity contribution is 9.10. The molecular weight excluding hydrogens is 360 g/mol. The molecule has 114 valence electrons. The second kappa shape index (κ2) is 6.66. The van der Waals surface area contributed by atoms with Gasteiger partial charge in [-0.3, -0.25) is 4.79 Å². The van der Waals surface area contributed by atoms with Crippen molar-refractivity contribution < 1.29 is 14.7 Å². The first-order valence-electron chi connectivity index (χ1n) is 6.63. The van der Waals surface area contributed by atoms with Crippen molar-refractivity contribution in [1.82, 2.24) is 4.90 Å². The summed E-state index contributed by atoms with van der Waals surface area (Å²) in [6.45, 7) is 2.67. The zero-order chi connectivity index (χ0) is 15.6. The minimum Gasteiger partial charge on any atom is -0.481 e. The molecule has 7 heteroatoms. The summed E-state index contributed by atoms with van der Waals surface area (Å²) in [4.78, 5) is 24.8. The van der Waals surface area contributed by atoms with Gasteiger partial charge in [0.05, 0.1) is 11.6 Å². The standard InChI is InChI=1S/C14H16BrClN2O3/c1-8-5-10(15)12(6-11(8)16)17-14(21)18-4-2-3-9(7-18)13(19)20/h5-6,9H,2-4,7H2,1H3,(H,17,21)(H,19,20). The lowest BCUT2D eigenvalue weighted by atomic mass is 9.99. The number of piperidine rings is 1. The molecule has 1 aliphatic heterocycles. The minimum atomic E-state index is -0.855. The van der Waals surface area contributed by atoms with Crippen LogP contribution in [-0.2, 0) is 4.79 Å². The molecule has 0 radical (unpaired) electrons. The van der Waals surface area contributed by atoms with Gasteiger partial charge >= 0.3 is 12.0 Å². The maximum Gasteiger partial charge on any atom is 0.321 e. The van der Waals surface area contributed by atoms with Crippen LogP contribution in [0.25, 0.3) is 0 Å². The van der Waals surface area contributed by atoms with Gasteiger partial charge in [0.1, 0.15) is 0 Å². The number of likely N-dealkylation sites (tertiary alicyclic amines) is 1. The molecule has 0 spiro atoms. The predicted molar refractivity (Wildman–Crippen MR) is 84.8 cm³/mol. The van der Waals surface area contributed by atoms with E-state index in [4.69, 9.17) is 16.7 Å². The normalized spacial score (nSPS) is 18.4. The quantitative estimate of drug-likeness (QED) is 0.827. The number of amides is 2. The van der Waals surface area contributed by atoms with Gasteiger partial charge in [0.25, 0.3) is 0 Å². The smallest absolute Gasteiger partial charge is 0.321 e. The first-order valence-corrected chi connectivity index (χ1v) is 7.80. The summed E-state index contributed by atoms with van der Waals surface area (Å²) < 4.78 is 0.740. The highest BCUT2D eigenvalue weighted by Gasteiger charge is 2.28. The fourth-order valence-electron chi connectivity index (χ4n) is 2.30. The zero-order valence-corrected chi connectivity index (χ0v) is 13.9. The Balaban J connectivity index is 2.07. The van der Waals surface area contributed by atoms with Crippen LogP contribution in [0.1, 0.15) is 18.4 Å². The Kier molecular flexibility index (Phi) is 5.11. The minimum absolute atomic E-state index is 0.235. The largest absolute Gasteiger partial charge is 0.481 e. The van der Waals surface area contributed by atoms with E-state index < -0.39 is 11.9 Å². The first kappa shape index (κ1) is 16.1. The molecule has 1 fully saturated rings. The molecule has 2 N–H and O–H groups in total. The second-order valence-electron chi connectivity index (χ2n) is 5.13. The Bertz CT molecular complexity index is 580. The Morgan fingerprint density at radius 2 is 2.19 bits per heavy atom. The number of aryl methyl sites for hydroxylation is 1. The first-order chi connectivity index (χ1) is 9.88. The number of carbonyl (C=O) groups excluding carboxylic acids is 1. The van der Waals surface area contributed by atoms with Gasteiger partial charge in [-0.05, 0) is 53.4 Å². The topological polar surface area (TPSA) is 69.6 Å². The van der Waals surface area contributed by atoms with Crippen LogP contribution in [0.15, 0.2) is 16.6 Å². The number of nitrogens with one attached hydrogen (secondary N) is 1. The lowest BCUT2D eigenvalue weighted by Crippen LogP contribution is -2.44. The number of benzene rings is 1. The summed E-state index contributed by atoms with van der Waals surface area (Å²) >= 11 is 9.44. The summed E-state index contributed by atoms with van der Waals surface area (Å²) in [6.07, 6.45) is 1.30. The highest BCUT2D eigenvalue weighted by Crippen LogP contribution is 2.29. The van der Waals surface area contributed by atoms with E-state index >= 15 is 0 Å². The SMILES string of the molecule is Cc1cc(Br)c(NC(=O)N2CCCC(C(=O)O)C2)cc1Cl. The molecule has 2 rings (SSSR count). The number of halogens is 2. The van der Waals surface area contributed by atoms with Crippen molar-refractivity contribution in [2.45, 2.75) is 19.8 Å². The van der Waals surface area contributed by atoms with E-state index in [0.29, 0.717) is 30.1 Å². The van der Waals surface area contributed by atoms with Gasteiger partial charge in [0.15, 0.2) is 0 Å². The van der Waals surface area contributed by atoms with Gasteiger partial charge in [0, 0.05) is 22.6 Å². The number of aliphatic carboxylic acids is 1. The molecule has 1 aliphatic rings. The molecule has 2 amide bonds. The summed E-state index contributed by atoms with van der Waals surface area (Å²) in [5.74, 6) is -1.35. The lowest BCUT2D eigenvalue weighted by Gasteiger charge is -2.30. The van der Waals surface area contributed by atoms with E-state index in [1.54, 1.807) is 6.07 Å². The molecule has 1 aromatic rings. The van der Waals surface area contributed by atoms with Crippen LogP contribution in [0.5, 0.6) is 0 Å². The van der Waals surface area contributed by atoms with E-state index in [1.807, 2.05) is 13.0 Å². The number of carboxylic acid groups (broad SMARTS) is 1. The van der Waals surface area contributed by atoms with E-state index in [1.165, 1.54) is 4.90 Å². The number of urea groups is 1. The molecule has 5 nitrogen and oxygen atoms in total. The van der Waals surface area contributed by atoms with Crippen LogP contribution in [-0.4, -0.2) is 35.1 Å². The molecule has 0 aliphatic carbocycles. The van der Waals surface area contributed by atoms with Gasteiger partial charge in [-0.2, -0.15) is 0 Å². The zero-order valence-electron chi connectivity index (χ0n) is 11.5. The average Bonchev–Trinajstić information content (AvgIpc) is 2.44. The third kappa shape index (κ3) is 3.89. The van der Waals surface area contributed by atoms with E-state index in [0.717, 1.165) is 10.0 Å². The third-order valence-corrected chi connectivity index (χ3v) is 4.61. The Hall–Kier alpha value is -1.27. The average molecular weight is 376 g/mol. The fourth-order valence-corrected chi connectivity index (χ4v) is 3.02. The van der Waals surface area contributed by atoms with Crippen molar-refractivity contribution in [1.29, 1.82) is 0 Å². The van der Waals surface area contributed by atoms with Crippen LogP contribution in [0, 0.1) is 12.8 Å². The van der Waals surface area contributed by atoms with E-state index in [9.17, 15) is 9.59 Å². The number of anilines is 1. The molecule has 1 saturated heterocycles. The summed E-state index contributed by atoms with van der Waals surface area (Å²) in [5.41, 5.74) is 1.48. The van der Waals surface area contributed by atoms with Gasteiger partial charge in [0.2, 0.25) is 0 Å². The van der Waals surface area contributed by atoms with Crippen molar-refractivity contribution in [3.05, 3.63) is 27.2 Å². The number of carboxylic acids is 1. The van der Waals surface area contributed by atoms with Crippen molar-refractivity contribution in [3.63, 3.8) is 0 Å². The van der Waals surface area contributed by atoms with Crippen molar-refractivity contribution in [2.75, 3.05) is 18.4 Å². The second-order valence-corrected chi connectivity index (χ2v) is 6.40. The Labute approximate surface area is 136 Å². The third-order valence-electron chi connectivity index (χ3n) is 3.55. The number of nitrogens with zero attached hydrogens (tertiary/aromatic N) is 1. The molecular formula is C14H16BrClN2O3. The molecule has 0 aromatic heterocycles. The monoisotopic (exact) mass is 374 g/mol. The van der Waals surface area contributed by atoms with E-state index in [-0.39, 0.29) is 12.6 Å². The molecule has 0 saturated carbocycles. The highest BCUT2D eigenvalue weighted by atomic mass is 79.9. The van der Waals surface area contributed by atoms with Crippen LogP contribution < -0.4 is 5.32 Å². The maximum absolute atomic E-state index is 12.2. The number of rotatable bonds is 2. The van der Waals surface area contributed by atoms with Crippen LogP contribution in [0.2, 0.25) is 5.02 Å².